The number of nitrogens with zero attached hydrogens (tertiary/aromatic N) is 3. The lowest BCUT2D eigenvalue weighted by molar-refractivity contribution is -0.125. The van der Waals surface area contributed by atoms with E-state index in [1.54, 1.807) is 13.1 Å². The summed E-state index contributed by atoms with van der Waals surface area (Å²) in [6, 6.07) is 16.9. The lowest BCUT2D eigenvalue weighted by atomic mass is 9.99. The van der Waals surface area contributed by atoms with Crippen molar-refractivity contribution in [2.75, 3.05) is 13.6 Å². The number of imide groups is 1. The lowest BCUT2D eigenvalue weighted by Gasteiger charge is -2.14. The van der Waals surface area contributed by atoms with E-state index in [1.165, 1.54) is 9.80 Å². The molecule has 0 aromatic heterocycles. The number of nitriles is 1. The molecule has 0 bridgehead atoms. The summed E-state index contributed by atoms with van der Waals surface area (Å²) in [6.07, 6.45) is 0. The van der Waals surface area contributed by atoms with Gasteiger partial charge in [0, 0.05) is 7.05 Å². The molecule has 114 valence electrons. The van der Waals surface area contributed by atoms with E-state index in [-0.39, 0.29) is 25.0 Å². The quantitative estimate of drug-likeness (QED) is 0.819. The number of carbonyl (C=O) groups excluding carboxylic acids is 2. The maximum absolute atomic E-state index is 11.9. The number of hydrogen-bond donors (Lipinski definition) is 0. The summed E-state index contributed by atoms with van der Waals surface area (Å²) in [5.74, 6) is -0.184. The van der Waals surface area contributed by atoms with Crippen LogP contribution in [0.25, 0.3) is 11.1 Å². The molecule has 2 aromatic carbocycles. The predicted octanol–water partition coefficient (Wildman–Crippen LogP) is 2.62. The molecule has 0 spiro atoms. The molecule has 0 radical (unpaired) electrons. The van der Waals surface area contributed by atoms with Crippen molar-refractivity contribution in [3.8, 4) is 17.2 Å². The van der Waals surface area contributed by atoms with Gasteiger partial charge < -0.3 is 4.90 Å². The Balaban J connectivity index is 1.82. The van der Waals surface area contributed by atoms with Crippen LogP contribution >= 0.6 is 0 Å². The minimum absolute atomic E-state index is 0.131. The highest BCUT2D eigenvalue weighted by Crippen LogP contribution is 2.24. The first-order valence-electron chi connectivity index (χ1n) is 7.24. The third kappa shape index (κ3) is 2.79. The Hall–Kier alpha value is -3.13. The Kier molecular flexibility index (Phi) is 3.82. The van der Waals surface area contributed by atoms with E-state index in [9.17, 15) is 14.9 Å². The summed E-state index contributed by atoms with van der Waals surface area (Å²) in [4.78, 5) is 26.3. The summed E-state index contributed by atoms with van der Waals surface area (Å²) in [5.41, 5.74) is 3.30. The average molecular weight is 305 g/mol. The van der Waals surface area contributed by atoms with Crippen LogP contribution in [0.3, 0.4) is 0 Å². The highest BCUT2D eigenvalue weighted by molar-refractivity contribution is 6.01. The molecule has 1 aliphatic heterocycles. The van der Waals surface area contributed by atoms with Crippen LogP contribution < -0.4 is 0 Å². The molecule has 2 aromatic rings. The first-order valence-corrected chi connectivity index (χ1v) is 7.24. The molecule has 0 N–H and O–H groups in total. The van der Waals surface area contributed by atoms with Crippen LogP contribution in [0.1, 0.15) is 11.1 Å². The van der Waals surface area contributed by atoms with Gasteiger partial charge in [-0.05, 0) is 22.8 Å². The Morgan fingerprint density at radius 2 is 1.78 bits per heavy atom. The second-order valence-corrected chi connectivity index (χ2v) is 5.47. The van der Waals surface area contributed by atoms with Gasteiger partial charge in [-0.2, -0.15) is 5.26 Å². The molecule has 0 atom stereocenters. The topological polar surface area (TPSA) is 64.4 Å². The number of rotatable bonds is 3. The molecule has 5 nitrogen and oxygen atoms in total. The van der Waals surface area contributed by atoms with E-state index in [1.807, 2.05) is 42.5 Å². The zero-order chi connectivity index (χ0) is 16.4. The van der Waals surface area contributed by atoms with Gasteiger partial charge in [-0.25, -0.2) is 4.79 Å². The van der Waals surface area contributed by atoms with Crippen molar-refractivity contribution in [1.29, 1.82) is 5.26 Å². The van der Waals surface area contributed by atoms with Crippen molar-refractivity contribution in [1.82, 2.24) is 9.80 Å². The predicted molar refractivity (Wildman–Crippen MR) is 85.2 cm³/mol. The van der Waals surface area contributed by atoms with Gasteiger partial charge in [0.2, 0.25) is 0 Å². The Morgan fingerprint density at radius 1 is 1.09 bits per heavy atom. The number of carbonyl (C=O) groups is 2. The van der Waals surface area contributed by atoms with Crippen molar-refractivity contribution < 1.29 is 9.59 Å². The van der Waals surface area contributed by atoms with E-state index in [4.69, 9.17) is 0 Å². The minimum Gasteiger partial charge on any atom is -0.318 e. The van der Waals surface area contributed by atoms with E-state index in [0.29, 0.717) is 5.56 Å². The number of benzene rings is 2. The second kappa shape index (κ2) is 5.93. The molecule has 1 aliphatic rings. The molecule has 5 heteroatoms. The average Bonchev–Trinajstić information content (AvgIpc) is 2.82. The van der Waals surface area contributed by atoms with Gasteiger partial charge in [0.05, 0.1) is 18.2 Å². The smallest absolute Gasteiger partial charge is 0.318 e. The fraction of sp³-hybridized carbons (Fsp3) is 0.167. The van der Waals surface area contributed by atoms with Crippen LogP contribution in [0.4, 0.5) is 4.79 Å². The number of likely N-dealkylation sites (N-methyl/N-ethyl adjacent to an activating group) is 1. The highest BCUT2D eigenvalue weighted by atomic mass is 16.2. The number of hydrogen-bond acceptors (Lipinski definition) is 3. The van der Waals surface area contributed by atoms with Crippen LogP contribution in [0, 0.1) is 11.3 Å². The fourth-order valence-corrected chi connectivity index (χ4v) is 2.63. The molecule has 0 aliphatic carbocycles. The van der Waals surface area contributed by atoms with Gasteiger partial charge in [0.25, 0.3) is 5.91 Å². The molecular weight excluding hydrogens is 290 g/mol. The van der Waals surface area contributed by atoms with Crippen LogP contribution in [0.2, 0.25) is 0 Å². The first kappa shape index (κ1) is 14.8. The molecule has 0 unspecified atom stereocenters. The maximum Gasteiger partial charge on any atom is 0.327 e. The zero-order valence-electron chi connectivity index (χ0n) is 12.7. The first-order chi connectivity index (χ1) is 11.1. The van der Waals surface area contributed by atoms with Crippen molar-refractivity contribution in [2.24, 2.45) is 0 Å². The molecule has 1 heterocycles. The molecule has 1 saturated heterocycles. The summed E-state index contributed by atoms with van der Waals surface area (Å²) < 4.78 is 0. The number of amides is 3. The van der Waals surface area contributed by atoms with Gasteiger partial charge in [0.1, 0.15) is 6.54 Å². The second-order valence-electron chi connectivity index (χ2n) is 5.47. The Morgan fingerprint density at radius 3 is 2.39 bits per heavy atom. The van der Waals surface area contributed by atoms with Crippen LogP contribution in [-0.2, 0) is 11.3 Å². The lowest BCUT2D eigenvalue weighted by Crippen LogP contribution is -2.30. The van der Waals surface area contributed by atoms with Crippen LogP contribution in [0.15, 0.2) is 48.5 Å². The van der Waals surface area contributed by atoms with Crippen molar-refractivity contribution in [2.45, 2.75) is 6.54 Å². The molecule has 23 heavy (non-hydrogen) atoms. The molecule has 1 fully saturated rings. The van der Waals surface area contributed by atoms with E-state index < -0.39 is 0 Å². The normalized spacial score (nSPS) is 14.3. The van der Waals surface area contributed by atoms with Crippen molar-refractivity contribution in [3.05, 3.63) is 59.7 Å². The summed E-state index contributed by atoms with van der Waals surface area (Å²) in [6.45, 7) is 0.397. The Labute approximate surface area is 134 Å². The fourth-order valence-electron chi connectivity index (χ4n) is 2.63. The standard InChI is InChI=1S/C18H15N3O2/c1-20-12-17(22)21(18(20)23)11-13-6-8-14(9-7-13)16-5-3-2-4-15(16)10-19/h2-9H,11-12H2,1H3. The minimum atomic E-state index is -0.270. The number of urea groups is 1. The maximum atomic E-state index is 11.9. The van der Waals surface area contributed by atoms with Gasteiger partial charge >= 0.3 is 6.03 Å². The van der Waals surface area contributed by atoms with Crippen molar-refractivity contribution >= 4 is 11.9 Å². The molecule has 3 amide bonds. The van der Waals surface area contributed by atoms with Gasteiger partial charge in [-0.1, -0.05) is 42.5 Å². The van der Waals surface area contributed by atoms with Crippen LogP contribution in [-0.4, -0.2) is 35.3 Å². The molecular formula is C18H15N3O2. The van der Waals surface area contributed by atoms with Gasteiger partial charge in [-0.15, -0.1) is 0 Å². The largest absolute Gasteiger partial charge is 0.327 e. The highest BCUT2D eigenvalue weighted by Gasteiger charge is 2.33. The SMILES string of the molecule is CN1CC(=O)N(Cc2ccc(-c3ccccc3C#N)cc2)C1=O. The monoisotopic (exact) mass is 305 g/mol. The summed E-state index contributed by atoms with van der Waals surface area (Å²) >= 11 is 0. The van der Waals surface area contributed by atoms with E-state index >= 15 is 0 Å². The molecule has 0 saturated carbocycles. The van der Waals surface area contributed by atoms with Crippen molar-refractivity contribution in [3.63, 3.8) is 0 Å². The van der Waals surface area contributed by atoms with E-state index in [2.05, 4.69) is 6.07 Å². The molecule has 3 rings (SSSR count). The van der Waals surface area contributed by atoms with Crippen LogP contribution in [0.5, 0.6) is 0 Å². The third-order valence-electron chi connectivity index (χ3n) is 3.88. The Bertz CT molecular complexity index is 806. The zero-order valence-corrected chi connectivity index (χ0v) is 12.7. The van der Waals surface area contributed by atoms with E-state index in [0.717, 1.165) is 16.7 Å². The third-order valence-corrected chi connectivity index (χ3v) is 3.88. The van der Waals surface area contributed by atoms with Gasteiger partial charge in [-0.3, -0.25) is 9.69 Å². The van der Waals surface area contributed by atoms with Gasteiger partial charge in [0.15, 0.2) is 0 Å². The summed E-state index contributed by atoms with van der Waals surface area (Å²) in [5, 5.41) is 9.17. The summed E-state index contributed by atoms with van der Waals surface area (Å²) in [7, 11) is 1.61.